The van der Waals surface area contributed by atoms with Gasteiger partial charge in [0.1, 0.15) is 0 Å². The Kier molecular flexibility index (Phi) is 23.1. The summed E-state index contributed by atoms with van der Waals surface area (Å²) in [6.45, 7) is 0. The molecule has 0 spiro atoms. The molecule has 0 fully saturated rings. The van der Waals surface area contributed by atoms with Gasteiger partial charge in [0.2, 0.25) is 0 Å². The minimum atomic E-state index is 0. The Balaban J connectivity index is 0.000000140. The zero-order valence-corrected chi connectivity index (χ0v) is 71.7. The standard InChI is InChI=1S/C57H38N4.C37H26.C21H14BrN3.Na.H/c1-5-18-39(19-6-1)43-32-34-53-51(37-43)49-30-15-13-28-47(49)48-29-14-16-31-50(48)52-38-44(40-20-7-2-8-21-40)33-35-54(52)61(53)46-27-17-26-45(36-46)57-59-55(41-22-9-3-10-23-41)58-56(60-57)42-24-11-4-12-25-42;1-3-11-26(12-4-1)28-19-21-30-23-31-22-20-29(27-13-5-2-6-14-27)25-37(31)35-18-10-8-16-33(35)32-15-7-9-17-34(32)36(30)24-28;22-18-13-7-12-17(14-18)21-24-19(15-8-3-1-4-9-15)23-20(25-21)16-10-5-2-6-11-16;;/h1-38H;1-22,24-25H,23H2;1-14H;;/q;;;+1;-1. The first-order chi connectivity index (χ1) is 60.9. The van der Waals surface area contributed by atoms with Crippen molar-refractivity contribution in [3.8, 4) is 152 Å². The van der Waals surface area contributed by atoms with Crippen LogP contribution in [0.5, 0.6) is 0 Å². The van der Waals surface area contributed by atoms with Gasteiger partial charge in [0.25, 0.3) is 0 Å². The van der Waals surface area contributed by atoms with E-state index < -0.39 is 0 Å². The van der Waals surface area contributed by atoms with Crippen molar-refractivity contribution in [1.29, 1.82) is 0 Å². The number of hydrogen-bond acceptors (Lipinski definition) is 6. The Hall–Kier alpha value is -14.7. The van der Waals surface area contributed by atoms with Gasteiger partial charge in [-0.25, -0.2) is 29.9 Å². The molecular weight excluding hydrogens is 1580 g/mol. The van der Waals surface area contributed by atoms with E-state index in [9.17, 15) is 0 Å². The molecule has 3 aromatic heterocycles. The largest absolute Gasteiger partial charge is 1.00 e. The minimum absolute atomic E-state index is 0. The summed E-state index contributed by atoms with van der Waals surface area (Å²) < 4.78 is 3.42. The van der Waals surface area contributed by atoms with Crippen molar-refractivity contribution in [1.82, 2.24) is 34.5 Å². The van der Waals surface area contributed by atoms with Crippen molar-refractivity contribution in [3.05, 3.63) is 477 Å². The Morgan fingerprint density at radius 1 is 0.185 bits per heavy atom. The Bertz CT molecular complexity index is 7120. The van der Waals surface area contributed by atoms with Gasteiger partial charge in [0.15, 0.2) is 34.9 Å². The molecule has 18 aromatic carbocycles. The van der Waals surface area contributed by atoms with Crippen molar-refractivity contribution >= 4 is 59.3 Å². The monoisotopic (exact) mass is 1660 g/mol. The summed E-state index contributed by atoms with van der Waals surface area (Å²) in [5, 5.41) is 6.96. The third-order valence-electron chi connectivity index (χ3n) is 22.8. The minimum Gasteiger partial charge on any atom is -1.00 e. The molecule has 0 saturated heterocycles. The van der Waals surface area contributed by atoms with Crippen molar-refractivity contribution in [2.75, 3.05) is 0 Å². The fraction of sp³-hybridized carbons (Fsp3) is 0.00870. The SMILES string of the molecule is Brc1cccc(-c2nc(-c3ccccc3)nc(-c3ccccc3)n2)c1.[H-].[Na+].c1ccc(-c2ccc3c(c2)-c2ccccc2-c2ccccc2-c2cc(-c4ccccc4)ccc2C3)cc1.c1ccc(-c2ccc3c(c2)c2ccccc2c2ccccc2c2cc(-c4ccccc4)ccc2n3-c2cccc(-c3nc(-c4ccccc4)nc(-c4ccccc4)n3)c2)cc1. The third-order valence-corrected chi connectivity index (χ3v) is 23.3. The number of rotatable bonds is 11. The molecule has 3 heterocycles. The number of aromatic nitrogens is 7. The fourth-order valence-electron chi connectivity index (χ4n) is 16.8. The number of nitrogens with zero attached hydrogens (tertiary/aromatic N) is 7. The van der Waals surface area contributed by atoms with Gasteiger partial charge < -0.3 is 5.99 Å². The number of fused-ring (bicyclic) bond motifs is 14. The maximum Gasteiger partial charge on any atom is 1.00 e. The van der Waals surface area contributed by atoms with E-state index in [0.717, 1.165) is 93.7 Å². The summed E-state index contributed by atoms with van der Waals surface area (Å²) in [5.41, 5.74) is 28.9. The van der Waals surface area contributed by atoms with E-state index in [-0.39, 0.29) is 31.0 Å². The van der Waals surface area contributed by atoms with E-state index in [1.807, 2.05) is 146 Å². The van der Waals surface area contributed by atoms with E-state index >= 15 is 0 Å². The van der Waals surface area contributed by atoms with Crippen molar-refractivity contribution < 1.29 is 31.0 Å². The number of hydrogen-bond donors (Lipinski definition) is 0. The number of halogens is 1. The molecule has 582 valence electrons. The van der Waals surface area contributed by atoms with Crippen LogP contribution in [-0.4, -0.2) is 34.5 Å². The second-order valence-corrected chi connectivity index (χ2v) is 31.4. The smallest absolute Gasteiger partial charge is 1.00 e. The van der Waals surface area contributed by atoms with Gasteiger partial charge in [-0.1, -0.05) is 416 Å². The molecule has 1 aliphatic carbocycles. The molecule has 0 amide bonds. The quantitative estimate of drug-likeness (QED) is 0.120. The Morgan fingerprint density at radius 2 is 0.435 bits per heavy atom. The van der Waals surface area contributed by atoms with Gasteiger partial charge in [-0.3, -0.25) is 0 Å². The van der Waals surface area contributed by atoms with E-state index in [4.69, 9.17) is 24.9 Å². The summed E-state index contributed by atoms with van der Waals surface area (Å²) >= 11 is 3.52. The van der Waals surface area contributed by atoms with Gasteiger partial charge in [-0.2, -0.15) is 0 Å². The van der Waals surface area contributed by atoms with Crippen LogP contribution in [0.2, 0.25) is 0 Å². The van der Waals surface area contributed by atoms with E-state index in [1.165, 1.54) is 88.7 Å². The molecule has 0 atom stereocenters. The first-order valence-electron chi connectivity index (χ1n) is 41.4. The van der Waals surface area contributed by atoms with Gasteiger partial charge in [0, 0.05) is 54.3 Å². The van der Waals surface area contributed by atoms with Gasteiger partial charge in [-0.05, 0) is 178 Å². The van der Waals surface area contributed by atoms with Crippen LogP contribution in [0.15, 0.2) is 466 Å². The topological polar surface area (TPSA) is 82.3 Å². The molecule has 22 rings (SSSR count). The molecule has 0 radical (unpaired) electrons. The van der Waals surface area contributed by atoms with Crippen molar-refractivity contribution in [2.45, 2.75) is 6.42 Å². The van der Waals surface area contributed by atoms with Crippen LogP contribution in [-0.2, 0) is 6.42 Å². The van der Waals surface area contributed by atoms with Crippen LogP contribution in [0.4, 0.5) is 0 Å². The first-order valence-corrected chi connectivity index (χ1v) is 42.2. The van der Waals surface area contributed by atoms with E-state index in [0.29, 0.717) is 34.9 Å². The number of benzene rings is 18. The van der Waals surface area contributed by atoms with Crippen LogP contribution in [0.3, 0.4) is 0 Å². The predicted molar refractivity (Wildman–Crippen MR) is 515 cm³/mol. The molecule has 0 bridgehead atoms. The summed E-state index contributed by atoms with van der Waals surface area (Å²) in [7, 11) is 0. The van der Waals surface area contributed by atoms with Gasteiger partial charge in [0.05, 0.1) is 11.0 Å². The van der Waals surface area contributed by atoms with Crippen LogP contribution < -0.4 is 29.6 Å². The molecule has 0 unspecified atom stereocenters. The zero-order valence-electron chi connectivity index (χ0n) is 69.1. The second-order valence-electron chi connectivity index (χ2n) is 30.5. The average Bonchev–Trinajstić information content (AvgIpc) is 1.61. The zero-order chi connectivity index (χ0) is 82.2. The summed E-state index contributed by atoms with van der Waals surface area (Å²) in [6, 6.07) is 163. The molecule has 0 aliphatic heterocycles. The molecule has 124 heavy (non-hydrogen) atoms. The van der Waals surface area contributed by atoms with Crippen LogP contribution in [0, 0.1) is 0 Å². The van der Waals surface area contributed by atoms with Crippen LogP contribution in [0.25, 0.3) is 195 Å². The van der Waals surface area contributed by atoms with Gasteiger partial charge >= 0.3 is 29.6 Å². The van der Waals surface area contributed by atoms with Crippen LogP contribution >= 0.6 is 15.9 Å². The maximum atomic E-state index is 5.13. The van der Waals surface area contributed by atoms with Gasteiger partial charge in [-0.15, -0.1) is 0 Å². The molecule has 0 N–H and O–H groups in total. The van der Waals surface area contributed by atoms with Crippen LogP contribution in [0.1, 0.15) is 12.6 Å². The van der Waals surface area contributed by atoms with E-state index in [1.54, 1.807) is 0 Å². The van der Waals surface area contributed by atoms with E-state index in [2.05, 4.69) is 341 Å². The van der Waals surface area contributed by atoms with Crippen molar-refractivity contribution in [3.63, 3.8) is 0 Å². The summed E-state index contributed by atoms with van der Waals surface area (Å²) in [4.78, 5) is 29.3. The second kappa shape index (κ2) is 36.3. The summed E-state index contributed by atoms with van der Waals surface area (Å²) in [6.07, 6.45) is 0.886. The third kappa shape index (κ3) is 16.7. The molecule has 21 aromatic rings. The molecule has 1 aliphatic rings. The maximum absolute atomic E-state index is 5.13. The fourth-order valence-corrected chi connectivity index (χ4v) is 17.2. The Morgan fingerprint density at radius 3 is 0.766 bits per heavy atom. The van der Waals surface area contributed by atoms with Crippen molar-refractivity contribution in [2.24, 2.45) is 0 Å². The molecular formula is C115H79BrN7Na. The normalized spacial score (nSPS) is 11.2. The predicted octanol–water partition coefficient (Wildman–Crippen LogP) is 27.4. The molecule has 9 heteroatoms. The molecule has 7 nitrogen and oxygen atoms in total. The Labute approximate surface area is 753 Å². The summed E-state index contributed by atoms with van der Waals surface area (Å²) in [5.74, 6) is 3.86. The first kappa shape index (κ1) is 79.1. The average molecular weight is 1660 g/mol. The molecule has 0 saturated carbocycles.